The first-order valence-corrected chi connectivity index (χ1v) is 10.2. The number of nitrogens with one attached hydrogen (secondary N) is 2. The van der Waals surface area contributed by atoms with E-state index in [-0.39, 0.29) is 29.7 Å². The molecule has 9 heteroatoms. The Morgan fingerprint density at radius 2 is 1.96 bits per heavy atom. The van der Waals surface area contributed by atoms with Gasteiger partial charge in [-0.25, -0.2) is 4.99 Å². The van der Waals surface area contributed by atoms with Crippen molar-refractivity contribution in [3.8, 4) is 11.5 Å². The van der Waals surface area contributed by atoms with Gasteiger partial charge in [-0.15, -0.1) is 24.0 Å². The average Bonchev–Trinajstić information content (AvgIpc) is 2.61. The molecule has 1 rings (SSSR count). The lowest BCUT2D eigenvalue weighted by Crippen LogP contribution is -2.37. The number of thioether (sulfide) groups is 1. The van der Waals surface area contributed by atoms with Gasteiger partial charge >= 0.3 is 6.61 Å². The van der Waals surface area contributed by atoms with Gasteiger partial charge in [0.1, 0.15) is 0 Å². The number of hydrogen-bond donors (Lipinski definition) is 2. The molecule has 0 unspecified atom stereocenters. The summed E-state index contributed by atoms with van der Waals surface area (Å²) in [4.78, 5) is 4.54. The molecule has 0 amide bonds. The molecule has 0 saturated heterocycles. The maximum absolute atomic E-state index is 12.5. The minimum atomic E-state index is -2.88. The molecule has 0 spiro atoms. The Morgan fingerprint density at radius 1 is 1.19 bits per heavy atom. The van der Waals surface area contributed by atoms with E-state index in [1.807, 2.05) is 18.7 Å². The first kappa shape index (κ1) is 26.0. The highest BCUT2D eigenvalue weighted by Crippen LogP contribution is 2.30. The maximum atomic E-state index is 12.5. The first-order valence-electron chi connectivity index (χ1n) is 8.82. The molecule has 2 N–H and O–H groups in total. The van der Waals surface area contributed by atoms with Gasteiger partial charge in [0.05, 0.1) is 13.2 Å². The van der Waals surface area contributed by atoms with Crippen LogP contribution in [0.25, 0.3) is 0 Å². The molecule has 156 valence electrons. The number of unbranched alkanes of at least 4 members (excludes halogenated alkanes) is 1. The third kappa shape index (κ3) is 11.5. The second kappa shape index (κ2) is 16.0. The summed E-state index contributed by atoms with van der Waals surface area (Å²) in [7, 11) is 0. The largest absolute Gasteiger partial charge is 0.490 e. The van der Waals surface area contributed by atoms with Crippen LogP contribution in [0.5, 0.6) is 11.5 Å². The molecule has 0 aliphatic rings. The molecule has 1 aromatic carbocycles. The van der Waals surface area contributed by atoms with Crippen LogP contribution in [-0.2, 0) is 6.54 Å². The molecule has 0 atom stereocenters. The van der Waals surface area contributed by atoms with E-state index in [9.17, 15) is 8.78 Å². The summed E-state index contributed by atoms with van der Waals surface area (Å²) in [5.74, 6) is 2.23. The number of ether oxygens (including phenoxy) is 2. The fraction of sp³-hybridized carbons (Fsp3) is 0.611. The summed E-state index contributed by atoms with van der Waals surface area (Å²) < 4.78 is 34.8. The minimum Gasteiger partial charge on any atom is -0.490 e. The van der Waals surface area contributed by atoms with Crippen molar-refractivity contribution in [1.82, 2.24) is 10.6 Å². The number of guanidine groups is 1. The molecule has 0 saturated carbocycles. The van der Waals surface area contributed by atoms with Crippen molar-refractivity contribution in [2.24, 2.45) is 4.99 Å². The van der Waals surface area contributed by atoms with E-state index in [1.54, 1.807) is 19.1 Å². The molecule has 0 aliphatic heterocycles. The lowest BCUT2D eigenvalue weighted by Gasteiger charge is -2.13. The van der Waals surface area contributed by atoms with Gasteiger partial charge in [-0.2, -0.15) is 20.5 Å². The van der Waals surface area contributed by atoms with Crippen LogP contribution in [0.15, 0.2) is 23.2 Å². The topological polar surface area (TPSA) is 54.9 Å². The first-order chi connectivity index (χ1) is 12.6. The van der Waals surface area contributed by atoms with Crippen LogP contribution in [0, 0.1) is 0 Å². The summed E-state index contributed by atoms with van der Waals surface area (Å²) in [5.41, 5.74) is 0.856. The molecule has 27 heavy (non-hydrogen) atoms. The summed E-state index contributed by atoms with van der Waals surface area (Å²) >= 11 is 1.85. The molecule has 0 aromatic heterocycles. The van der Waals surface area contributed by atoms with E-state index in [2.05, 4.69) is 26.6 Å². The van der Waals surface area contributed by atoms with E-state index in [1.165, 1.54) is 6.07 Å². The summed E-state index contributed by atoms with van der Waals surface area (Å²) in [6.45, 7) is 3.32. The number of alkyl halides is 2. The van der Waals surface area contributed by atoms with Gasteiger partial charge in [0.25, 0.3) is 0 Å². The Morgan fingerprint density at radius 3 is 2.59 bits per heavy atom. The molecule has 0 radical (unpaired) electrons. The van der Waals surface area contributed by atoms with Gasteiger partial charge in [0.15, 0.2) is 17.5 Å². The molecule has 0 aliphatic carbocycles. The van der Waals surface area contributed by atoms with Gasteiger partial charge in [-0.1, -0.05) is 6.07 Å². The SMILES string of the molecule is CCNC(=NCc1ccc(OC(F)F)c(OCC)c1)NCCCCSC.I. The van der Waals surface area contributed by atoms with Crippen LogP contribution >= 0.6 is 35.7 Å². The molecule has 0 bridgehead atoms. The Kier molecular flexibility index (Phi) is 15.5. The van der Waals surface area contributed by atoms with Crippen LogP contribution in [0.2, 0.25) is 0 Å². The third-order valence-electron chi connectivity index (χ3n) is 3.36. The molecule has 1 aromatic rings. The van der Waals surface area contributed by atoms with Crippen LogP contribution in [0.1, 0.15) is 32.3 Å². The van der Waals surface area contributed by atoms with Crippen LogP contribution in [0.3, 0.4) is 0 Å². The second-order valence-corrected chi connectivity index (χ2v) is 6.40. The van der Waals surface area contributed by atoms with Gasteiger partial charge in [0, 0.05) is 13.1 Å². The van der Waals surface area contributed by atoms with Crippen molar-refractivity contribution < 1.29 is 18.3 Å². The normalized spacial score (nSPS) is 11.1. The lowest BCUT2D eigenvalue weighted by molar-refractivity contribution is -0.0514. The quantitative estimate of drug-likeness (QED) is 0.185. The highest BCUT2D eigenvalue weighted by Gasteiger charge is 2.11. The second-order valence-electron chi connectivity index (χ2n) is 5.41. The zero-order chi connectivity index (χ0) is 19.2. The maximum Gasteiger partial charge on any atom is 0.387 e. The molecule has 0 fully saturated rings. The van der Waals surface area contributed by atoms with Gasteiger partial charge < -0.3 is 20.1 Å². The number of halogens is 3. The Hall–Kier alpha value is -0.970. The van der Waals surface area contributed by atoms with Gasteiger partial charge in [0.2, 0.25) is 0 Å². The molecular weight excluding hydrogens is 487 g/mol. The van der Waals surface area contributed by atoms with Crippen LogP contribution in [0.4, 0.5) is 8.78 Å². The van der Waals surface area contributed by atoms with Crippen molar-refractivity contribution >= 4 is 41.7 Å². The van der Waals surface area contributed by atoms with E-state index in [4.69, 9.17) is 4.74 Å². The summed E-state index contributed by atoms with van der Waals surface area (Å²) in [6.07, 6.45) is 4.35. The predicted molar refractivity (Wildman–Crippen MR) is 120 cm³/mol. The number of nitrogens with zero attached hydrogens (tertiary/aromatic N) is 1. The summed E-state index contributed by atoms with van der Waals surface area (Å²) in [6, 6.07) is 4.89. The fourth-order valence-corrected chi connectivity index (χ4v) is 2.70. The Labute approximate surface area is 182 Å². The molecular formula is C18H30F2IN3O2S. The van der Waals surface area contributed by atoms with E-state index < -0.39 is 6.61 Å². The van der Waals surface area contributed by atoms with Crippen molar-refractivity contribution in [2.75, 3.05) is 31.7 Å². The summed E-state index contributed by atoms with van der Waals surface area (Å²) in [5, 5.41) is 6.50. The fourth-order valence-electron chi connectivity index (χ4n) is 2.20. The van der Waals surface area contributed by atoms with Crippen molar-refractivity contribution in [3.63, 3.8) is 0 Å². The van der Waals surface area contributed by atoms with Gasteiger partial charge in [-0.3, -0.25) is 0 Å². The predicted octanol–water partition coefficient (Wildman–Crippen LogP) is 4.50. The third-order valence-corrected chi connectivity index (χ3v) is 4.05. The smallest absolute Gasteiger partial charge is 0.387 e. The highest BCUT2D eigenvalue weighted by molar-refractivity contribution is 14.0. The molecule has 0 heterocycles. The van der Waals surface area contributed by atoms with E-state index in [0.29, 0.717) is 18.9 Å². The molecule has 5 nitrogen and oxygen atoms in total. The Bertz CT molecular complexity index is 551. The lowest BCUT2D eigenvalue weighted by atomic mass is 10.2. The van der Waals surface area contributed by atoms with Crippen LogP contribution in [-0.4, -0.2) is 44.3 Å². The van der Waals surface area contributed by atoms with Crippen LogP contribution < -0.4 is 20.1 Å². The van der Waals surface area contributed by atoms with E-state index in [0.717, 1.165) is 43.2 Å². The zero-order valence-electron chi connectivity index (χ0n) is 16.1. The van der Waals surface area contributed by atoms with Crippen molar-refractivity contribution in [1.29, 1.82) is 0 Å². The van der Waals surface area contributed by atoms with Crippen molar-refractivity contribution in [3.05, 3.63) is 23.8 Å². The van der Waals surface area contributed by atoms with Gasteiger partial charge in [-0.05, 0) is 56.4 Å². The van der Waals surface area contributed by atoms with E-state index >= 15 is 0 Å². The Balaban J connectivity index is 0.00000676. The highest BCUT2D eigenvalue weighted by atomic mass is 127. The average molecular weight is 517 g/mol. The number of rotatable bonds is 12. The monoisotopic (exact) mass is 517 g/mol. The number of aliphatic imine (C=N–C) groups is 1. The number of hydrogen-bond acceptors (Lipinski definition) is 4. The van der Waals surface area contributed by atoms with Crippen molar-refractivity contribution in [2.45, 2.75) is 39.8 Å². The number of benzene rings is 1. The zero-order valence-corrected chi connectivity index (χ0v) is 19.2. The standard InChI is InChI=1S/C18H29F2N3O2S.HI/c1-4-21-18(22-10-6-7-11-26-3)23-13-14-8-9-15(25-17(19)20)16(12-14)24-5-2;/h8-9,12,17H,4-7,10-11,13H2,1-3H3,(H2,21,22,23);1H. The minimum absolute atomic E-state index is 0.